The van der Waals surface area contributed by atoms with Crippen LogP contribution in [0.15, 0.2) is 0 Å². The monoisotopic (exact) mass is 180 g/mol. The number of hydrogen-bond donors (Lipinski definition) is 1. The molecule has 0 amide bonds. The van der Waals surface area contributed by atoms with E-state index >= 15 is 0 Å². The molecule has 1 atom stereocenters. The van der Waals surface area contributed by atoms with Gasteiger partial charge in [-0.15, -0.1) is 0 Å². The summed E-state index contributed by atoms with van der Waals surface area (Å²) in [6.45, 7) is 6.04. The lowest BCUT2D eigenvalue weighted by Gasteiger charge is -2.20. The number of rotatable bonds is 0. The average molecular weight is 180 g/mol. The second kappa shape index (κ2) is 4.15. The lowest BCUT2D eigenvalue weighted by molar-refractivity contribution is 0.114. The van der Waals surface area contributed by atoms with Crippen LogP contribution in [-0.4, -0.2) is 11.2 Å². The summed E-state index contributed by atoms with van der Waals surface area (Å²) in [6.07, 6.45) is 4.59. The van der Waals surface area contributed by atoms with Gasteiger partial charge in [0.1, 0.15) is 6.10 Å². The average Bonchev–Trinajstić information content (AvgIpc) is 2.50. The summed E-state index contributed by atoms with van der Waals surface area (Å²) < 4.78 is 0. The standard InChI is InChI=1S/C12H20O/c1-12(2,3)11(13)9-8-10-6-4-5-7-10/h10-11,13H,4-7H2,1-3H3. The highest BCUT2D eigenvalue weighted by molar-refractivity contribution is 5.11. The molecule has 1 aliphatic carbocycles. The zero-order valence-corrected chi connectivity index (χ0v) is 8.93. The van der Waals surface area contributed by atoms with Crippen molar-refractivity contribution in [2.75, 3.05) is 0 Å². The Kier molecular flexibility index (Phi) is 3.39. The molecule has 74 valence electrons. The van der Waals surface area contributed by atoms with E-state index in [0.29, 0.717) is 5.92 Å². The second-order valence-corrected chi connectivity index (χ2v) is 5.04. The van der Waals surface area contributed by atoms with Crippen molar-refractivity contribution in [2.45, 2.75) is 52.6 Å². The summed E-state index contributed by atoms with van der Waals surface area (Å²) in [4.78, 5) is 0. The second-order valence-electron chi connectivity index (χ2n) is 5.04. The molecule has 1 N–H and O–H groups in total. The fourth-order valence-electron chi connectivity index (χ4n) is 1.48. The highest BCUT2D eigenvalue weighted by atomic mass is 16.3. The third-order valence-corrected chi connectivity index (χ3v) is 2.60. The Morgan fingerprint density at radius 2 is 1.77 bits per heavy atom. The van der Waals surface area contributed by atoms with E-state index in [1.807, 2.05) is 20.8 Å². The van der Waals surface area contributed by atoms with Crippen molar-refractivity contribution in [2.24, 2.45) is 11.3 Å². The first-order valence-corrected chi connectivity index (χ1v) is 5.19. The van der Waals surface area contributed by atoms with Crippen molar-refractivity contribution in [3.63, 3.8) is 0 Å². The number of aliphatic hydroxyl groups excluding tert-OH is 1. The van der Waals surface area contributed by atoms with Gasteiger partial charge < -0.3 is 5.11 Å². The van der Waals surface area contributed by atoms with E-state index in [9.17, 15) is 5.11 Å². The van der Waals surface area contributed by atoms with Crippen LogP contribution in [0.1, 0.15) is 46.5 Å². The van der Waals surface area contributed by atoms with E-state index in [0.717, 1.165) is 0 Å². The maximum absolute atomic E-state index is 9.67. The van der Waals surface area contributed by atoms with Gasteiger partial charge in [-0.3, -0.25) is 0 Å². The molecular formula is C12H20O. The third kappa shape index (κ3) is 3.40. The molecule has 0 aliphatic heterocycles. The molecule has 1 rings (SSSR count). The third-order valence-electron chi connectivity index (χ3n) is 2.60. The van der Waals surface area contributed by atoms with Gasteiger partial charge in [0.25, 0.3) is 0 Å². The maximum atomic E-state index is 9.67. The highest BCUT2D eigenvalue weighted by Gasteiger charge is 2.20. The summed E-state index contributed by atoms with van der Waals surface area (Å²) in [7, 11) is 0. The molecular weight excluding hydrogens is 160 g/mol. The Labute approximate surface area is 81.5 Å². The SMILES string of the molecule is CC(C)(C)C(O)C#CC1CCCC1. The molecule has 0 aromatic heterocycles. The summed E-state index contributed by atoms with van der Waals surface area (Å²) >= 11 is 0. The van der Waals surface area contributed by atoms with Crippen LogP contribution in [0.2, 0.25) is 0 Å². The Hall–Kier alpha value is -0.480. The lowest BCUT2D eigenvalue weighted by Crippen LogP contribution is -2.24. The number of aliphatic hydroxyl groups is 1. The molecule has 0 bridgehead atoms. The largest absolute Gasteiger partial charge is 0.380 e. The minimum Gasteiger partial charge on any atom is -0.380 e. The van der Waals surface area contributed by atoms with Crippen LogP contribution in [0.5, 0.6) is 0 Å². The van der Waals surface area contributed by atoms with Crippen LogP contribution in [0.4, 0.5) is 0 Å². The summed E-state index contributed by atoms with van der Waals surface area (Å²) in [5.74, 6) is 6.71. The minimum atomic E-state index is -0.479. The van der Waals surface area contributed by atoms with E-state index in [1.165, 1.54) is 25.7 Å². The first-order chi connectivity index (χ1) is 6.00. The van der Waals surface area contributed by atoms with E-state index in [-0.39, 0.29) is 5.41 Å². The molecule has 0 radical (unpaired) electrons. The zero-order valence-electron chi connectivity index (χ0n) is 8.93. The first-order valence-electron chi connectivity index (χ1n) is 5.19. The molecule has 13 heavy (non-hydrogen) atoms. The van der Waals surface area contributed by atoms with E-state index in [1.54, 1.807) is 0 Å². The predicted molar refractivity (Wildman–Crippen MR) is 55.2 cm³/mol. The van der Waals surface area contributed by atoms with Crippen LogP contribution >= 0.6 is 0 Å². The maximum Gasteiger partial charge on any atom is 0.119 e. The summed E-state index contributed by atoms with van der Waals surface area (Å²) in [6, 6.07) is 0. The molecule has 0 aromatic rings. The summed E-state index contributed by atoms with van der Waals surface area (Å²) in [5.41, 5.74) is -0.106. The molecule has 0 spiro atoms. The van der Waals surface area contributed by atoms with Gasteiger partial charge in [-0.05, 0) is 18.3 Å². The van der Waals surface area contributed by atoms with Gasteiger partial charge in [0.15, 0.2) is 0 Å². The van der Waals surface area contributed by atoms with Gasteiger partial charge in [0.05, 0.1) is 0 Å². The molecule has 1 fully saturated rings. The fraction of sp³-hybridized carbons (Fsp3) is 0.833. The zero-order chi connectivity index (χ0) is 9.90. The van der Waals surface area contributed by atoms with Crippen molar-refractivity contribution < 1.29 is 5.11 Å². The minimum absolute atomic E-state index is 0.106. The van der Waals surface area contributed by atoms with Crippen LogP contribution in [-0.2, 0) is 0 Å². The highest BCUT2D eigenvalue weighted by Crippen LogP contribution is 2.24. The van der Waals surface area contributed by atoms with Gasteiger partial charge in [0, 0.05) is 5.92 Å². The topological polar surface area (TPSA) is 20.2 Å². The quantitative estimate of drug-likeness (QED) is 0.568. The first kappa shape index (κ1) is 10.6. The molecule has 1 unspecified atom stereocenters. The molecule has 0 aromatic carbocycles. The van der Waals surface area contributed by atoms with Crippen LogP contribution < -0.4 is 0 Å². The Bertz CT molecular complexity index is 208. The van der Waals surface area contributed by atoms with Gasteiger partial charge in [0.2, 0.25) is 0 Å². The van der Waals surface area contributed by atoms with Crippen LogP contribution in [0.25, 0.3) is 0 Å². The van der Waals surface area contributed by atoms with Crippen molar-refractivity contribution in [1.82, 2.24) is 0 Å². The van der Waals surface area contributed by atoms with Crippen molar-refractivity contribution >= 4 is 0 Å². The molecule has 0 heterocycles. The van der Waals surface area contributed by atoms with Crippen molar-refractivity contribution in [1.29, 1.82) is 0 Å². The van der Waals surface area contributed by atoms with Crippen molar-refractivity contribution in [3.8, 4) is 11.8 Å². The predicted octanol–water partition coefficient (Wildman–Crippen LogP) is 2.59. The van der Waals surface area contributed by atoms with Gasteiger partial charge >= 0.3 is 0 Å². The fourth-order valence-corrected chi connectivity index (χ4v) is 1.48. The smallest absolute Gasteiger partial charge is 0.119 e. The molecule has 1 nitrogen and oxygen atoms in total. The van der Waals surface area contributed by atoms with Gasteiger partial charge in [-0.1, -0.05) is 45.5 Å². The molecule has 1 saturated carbocycles. The summed E-state index contributed by atoms with van der Waals surface area (Å²) in [5, 5.41) is 9.67. The Balaban J connectivity index is 2.45. The molecule has 1 heteroatoms. The van der Waals surface area contributed by atoms with Gasteiger partial charge in [-0.2, -0.15) is 0 Å². The Morgan fingerprint density at radius 1 is 1.23 bits per heavy atom. The molecule has 1 aliphatic rings. The Morgan fingerprint density at radius 3 is 2.23 bits per heavy atom. The van der Waals surface area contributed by atoms with E-state index in [4.69, 9.17) is 0 Å². The van der Waals surface area contributed by atoms with Crippen LogP contribution in [0, 0.1) is 23.2 Å². The van der Waals surface area contributed by atoms with E-state index < -0.39 is 6.10 Å². The van der Waals surface area contributed by atoms with Gasteiger partial charge in [-0.25, -0.2) is 0 Å². The lowest BCUT2D eigenvalue weighted by atomic mass is 9.89. The van der Waals surface area contributed by atoms with Crippen LogP contribution in [0.3, 0.4) is 0 Å². The van der Waals surface area contributed by atoms with E-state index in [2.05, 4.69) is 11.8 Å². The normalized spacial score (nSPS) is 20.9. The van der Waals surface area contributed by atoms with Crippen molar-refractivity contribution in [3.05, 3.63) is 0 Å². The molecule has 0 saturated heterocycles. The number of hydrogen-bond acceptors (Lipinski definition) is 1.